The van der Waals surface area contributed by atoms with Gasteiger partial charge in [0, 0.05) is 0 Å². The van der Waals surface area contributed by atoms with Gasteiger partial charge in [-0.25, -0.2) is 9.67 Å². The summed E-state index contributed by atoms with van der Waals surface area (Å²) < 4.78 is 1.54. The number of rotatable bonds is 3. The second-order valence-electron chi connectivity index (χ2n) is 4.61. The minimum absolute atomic E-state index is 0.0499. The molecule has 1 aromatic carbocycles. The van der Waals surface area contributed by atoms with E-state index in [0.717, 1.165) is 19.4 Å². The number of hydrogen-bond donors (Lipinski definition) is 2. The summed E-state index contributed by atoms with van der Waals surface area (Å²) in [5, 5.41) is 10.6. The molecular formula is C13H14ClN5O. The van der Waals surface area contributed by atoms with Gasteiger partial charge < -0.3 is 10.6 Å². The first-order valence-corrected chi connectivity index (χ1v) is 6.81. The van der Waals surface area contributed by atoms with Crippen molar-refractivity contribution >= 4 is 23.2 Å². The Balaban J connectivity index is 1.89. The highest BCUT2D eigenvalue weighted by atomic mass is 35.5. The van der Waals surface area contributed by atoms with E-state index in [-0.39, 0.29) is 11.9 Å². The molecule has 3 rings (SSSR count). The standard InChI is InChI=1S/C13H14ClN5O/c14-9-3-1-4-10(12(9)19-8-15-7-17-19)18-13(20)11-5-2-6-16-11/h1,3-4,7-8,11,16H,2,5-6H2,(H,18,20). The molecule has 0 radical (unpaired) electrons. The van der Waals surface area contributed by atoms with Gasteiger partial charge in [0.25, 0.3) is 0 Å². The van der Waals surface area contributed by atoms with Crippen LogP contribution < -0.4 is 10.6 Å². The number of aromatic nitrogens is 3. The topological polar surface area (TPSA) is 71.8 Å². The summed E-state index contributed by atoms with van der Waals surface area (Å²) in [4.78, 5) is 16.1. The molecule has 2 N–H and O–H groups in total. The molecule has 1 unspecified atom stereocenters. The normalized spacial score (nSPS) is 18.1. The van der Waals surface area contributed by atoms with Gasteiger partial charge in [-0.15, -0.1) is 0 Å². The average molecular weight is 292 g/mol. The number of para-hydroxylation sites is 1. The quantitative estimate of drug-likeness (QED) is 0.901. The fourth-order valence-electron chi connectivity index (χ4n) is 2.30. The summed E-state index contributed by atoms with van der Waals surface area (Å²) in [6, 6.07) is 5.20. The van der Waals surface area contributed by atoms with Crippen LogP contribution >= 0.6 is 11.6 Å². The lowest BCUT2D eigenvalue weighted by molar-refractivity contribution is -0.117. The van der Waals surface area contributed by atoms with E-state index in [4.69, 9.17) is 11.6 Å². The number of halogens is 1. The first-order valence-electron chi connectivity index (χ1n) is 6.43. The van der Waals surface area contributed by atoms with Gasteiger partial charge in [-0.1, -0.05) is 17.7 Å². The van der Waals surface area contributed by atoms with Crippen molar-refractivity contribution < 1.29 is 4.79 Å². The molecule has 1 saturated heterocycles. The molecule has 1 aliphatic heterocycles. The van der Waals surface area contributed by atoms with E-state index in [1.165, 1.54) is 6.33 Å². The predicted molar refractivity (Wildman–Crippen MR) is 76.0 cm³/mol. The van der Waals surface area contributed by atoms with Gasteiger partial charge in [-0.2, -0.15) is 5.10 Å². The highest BCUT2D eigenvalue weighted by molar-refractivity contribution is 6.33. The Kier molecular flexibility index (Phi) is 3.66. The third kappa shape index (κ3) is 2.52. The maximum absolute atomic E-state index is 12.2. The molecule has 1 aromatic heterocycles. The van der Waals surface area contributed by atoms with E-state index in [1.54, 1.807) is 29.2 Å². The predicted octanol–water partition coefficient (Wildman–Crippen LogP) is 1.61. The van der Waals surface area contributed by atoms with Crippen LogP contribution in [0.25, 0.3) is 5.69 Å². The van der Waals surface area contributed by atoms with Crippen LogP contribution in [0.2, 0.25) is 5.02 Å². The van der Waals surface area contributed by atoms with Crippen LogP contribution in [0.15, 0.2) is 30.9 Å². The lowest BCUT2D eigenvalue weighted by atomic mass is 10.2. The molecule has 2 heterocycles. The van der Waals surface area contributed by atoms with Gasteiger partial charge in [-0.3, -0.25) is 4.79 Å². The number of nitrogens with one attached hydrogen (secondary N) is 2. The van der Waals surface area contributed by atoms with Crippen molar-refractivity contribution in [1.82, 2.24) is 20.1 Å². The number of carbonyl (C=O) groups excluding carboxylic acids is 1. The van der Waals surface area contributed by atoms with E-state index >= 15 is 0 Å². The molecule has 1 atom stereocenters. The zero-order valence-corrected chi connectivity index (χ0v) is 11.5. The van der Waals surface area contributed by atoms with Crippen LogP contribution in [0.5, 0.6) is 0 Å². The van der Waals surface area contributed by atoms with Gasteiger partial charge in [-0.05, 0) is 31.5 Å². The number of amides is 1. The lowest BCUT2D eigenvalue weighted by Gasteiger charge is -2.15. The number of carbonyl (C=O) groups is 1. The third-order valence-electron chi connectivity index (χ3n) is 3.27. The Morgan fingerprint density at radius 2 is 2.40 bits per heavy atom. The minimum Gasteiger partial charge on any atom is -0.323 e. The molecule has 1 amide bonds. The molecule has 7 heteroatoms. The minimum atomic E-state index is -0.141. The molecule has 1 aliphatic rings. The highest BCUT2D eigenvalue weighted by Crippen LogP contribution is 2.28. The molecule has 0 bridgehead atoms. The first kappa shape index (κ1) is 13.1. The molecule has 6 nitrogen and oxygen atoms in total. The van der Waals surface area contributed by atoms with Gasteiger partial charge in [0.2, 0.25) is 5.91 Å². The molecule has 0 aliphatic carbocycles. The maximum atomic E-state index is 12.2. The largest absolute Gasteiger partial charge is 0.323 e. The Bertz CT molecular complexity index is 607. The SMILES string of the molecule is O=C(Nc1cccc(Cl)c1-n1cncn1)C1CCCN1. The van der Waals surface area contributed by atoms with Crippen molar-refractivity contribution in [3.05, 3.63) is 35.9 Å². The van der Waals surface area contributed by atoms with Crippen LogP contribution in [0.3, 0.4) is 0 Å². The molecule has 104 valence electrons. The number of benzene rings is 1. The van der Waals surface area contributed by atoms with Gasteiger partial charge >= 0.3 is 0 Å². The van der Waals surface area contributed by atoms with Crippen molar-refractivity contribution in [3.8, 4) is 5.69 Å². The molecule has 1 fully saturated rings. The molecular weight excluding hydrogens is 278 g/mol. The van der Waals surface area contributed by atoms with Crippen LogP contribution in [0, 0.1) is 0 Å². The van der Waals surface area contributed by atoms with Crippen molar-refractivity contribution in [2.75, 3.05) is 11.9 Å². The molecule has 20 heavy (non-hydrogen) atoms. The average Bonchev–Trinajstić information content (AvgIpc) is 3.12. The summed E-state index contributed by atoms with van der Waals surface area (Å²) in [6.45, 7) is 0.879. The van der Waals surface area contributed by atoms with Gasteiger partial charge in [0.15, 0.2) is 0 Å². The van der Waals surface area contributed by atoms with Gasteiger partial charge in [0.1, 0.15) is 18.3 Å². The zero-order valence-electron chi connectivity index (χ0n) is 10.7. The van der Waals surface area contributed by atoms with Crippen molar-refractivity contribution in [3.63, 3.8) is 0 Å². The van der Waals surface area contributed by atoms with Crippen LogP contribution in [0.1, 0.15) is 12.8 Å². The Morgan fingerprint density at radius 1 is 1.50 bits per heavy atom. The zero-order chi connectivity index (χ0) is 13.9. The van der Waals surface area contributed by atoms with E-state index in [0.29, 0.717) is 16.4 Å². The number of hydrogen-bond acceptors (Lipinski definition) is 4. The fourth-order valence-corrected chi connectivity index (χ4v) is 2.56. The Labute approximate surface area is 121 Å². The van der Waals surface area contributed by atoms with Crippen molar-refractivity contribution in [1.29, 1.82) is 0 Å². The second-order valence-corrected chi connectivity index (χ2v) is 5.02. The fraction of sp³-hybridized carbons (Fsp3) is 0.308. The summed E-state index contributed by atoms with van der Waals surface area (Å²) in [5.41, 5.74) is 1.25. The highest BCUT2D eigenvalue weighted by Gasteiger charge is 2.23. The molecule has 2 aromatic rings. The van der Waals surface area contributed by atoms with Crippen molar-refractivity contribution in [2.24, 2.45) is 0 Å². The van der Waals surface area contributed by atoms with Crippen molar-refractivity contribution in [2.45, 2.75) is 18.9 Å². The monoisotopic (exact) mass is 291 g/mol. The van der Waals surface area contributed by atoms with Crippen LogP contribution in [-0.4, -0.2) is 33.3 Å². The van der Waals surface area contributed by atoms with E-state index < -0.39 is 0 Å². The van der Waals surface area contributed by atoms with Gasteiger partial charge in [0.05, 0.1) is 16.8 Å². The van der Waals surface area contributed by atoms with Crippen LogP contribution in [0.4, 0.5) is 5.69 Å². The summed E-state index contributed by atoms with van der Waals surface area (Å²) in [5.74, 6) is -0.0499. The maximum Gasteiger partial charge on any atom is 0.241 e. The third-order valence-corrected chi connectivity index (χ3v) is 3.57. The molecule has 0 saturated carbocycles. The first-order chi connectivity index (χ1) is 9.75. The Hall–Kier alpha value is -1.92. The van der Waals surface area contributed by atoms with E-state index in [1.807, 2.05) is 0 Å². The summed E-state index contributed by atoms with van der Waals surface area (Å²) >= 11 is 6.21. The molecule has 0 spiro atoms. The lowest BCUT2D eigenvalue weighted by Crippen LogP contribution is -2.35. The Morgan fingerprint density at radius 3 is 3.10 bits per heavy atom. The second kappa shape index (κ2) is 5.60. The smallest absolute Gasteiger partial charge is 0.241 e. The summed E-state index contributed by atoms with van der Waals surface area (Å²) in [6.07, 6.45) is 4.84. The summed E-state index contributed by atoms with van der Waals surface area (Å²) in [7, 11) is 0. The van der Waals surface area contributed by atoms with E-state index in [2.05, 4.69) is 20.7 Å². The number of anilines is 1. The van der Waals surface area contributed by atoms with Crippen LogP contribution in [-0.2, 0) is 4.79 Å². The number of nitrogens with zero attached hydrogens (tertiary/aromatic N) is 3. The van der Waals surface area contributed by atoms with E-state index in [9.17, 15) is 4.79 Å².